The molecule has 4 rings (SSSR count). The molecule has 1 aliphatic rings. The number of para-hydroxylation sites is 1. The van der Waals surface area contributed by atoms with Crippen molar-refractivity contribution in [2.75, 3.05) is 23.7 Å². The van der Waals surface area contributed by atoms with Crippen molar-refractivity contribution in [3.63, 3.8) is 0 Å². The van der Waals surface area contributed by atoms with Crippen molar-refractivity contribution >= 4 is 23.4 Å². The minimum Gasteiger partial charge on any atom is -0.324 e. The fourth-order valence-electron chi connectivity index (χ4n) is 3.70. The van der Waals surface area contributed by atoms with Crippen molar-refractivity contribution in [2.24, 2.45) is 5.92 Å². The molecule has 2 heterocycles. The summed E-state index contributed by atoms with van der Waals surface area (Å²) in [5.41, 5.74) is 2.10. The molecule has 1 fully saturated rings. The smallest absolute Gasteiger partial charge is 0.321 e. The lowest BCUT2D eigenvalue weighted by Crippen LogP contribution is -2.45. The summed E-state index contributed by atoms with van der Waals surface area (Å²) in [6.45, 7) is 2.77. The fraction of sp³-hybridized carbons (Fsp3) is 0.261. The van der Waals surface area contributed by atoms with Gasteiger partial charge in [0.05, 0.1) is 17.3 Å². The molecule has 3 aromatic rings. The largest absolute Gasteiger partial charge is 0.324 e. The minimum atomic E-state index is -0.339. The Balaban J connectivity index is 1.43. The second kappa shape index (κ2) is 8.99. The van der Waals surface area contributed by atoms with E-state index in [1.54, 1.807) is 27.8 Å². The predicted octanol–water partition coefficient (Wildman–Crippen LogP) is 4.20. The molecule has 2 aromatic carbocycles. The van der Waals surface area contributed by atoms with Crippen LogP contribution in [-0.4, -0.2) is 39.7 Å². The quantitative estimate of drug-likeness (QED) is 0.663. The molecule has 0 saturated carbocycles. The van der Waals surface area contributed by atoms with Crippen LogP contribution in [0.3, 0.4) is 0 Å². The first-order valence-corrected chi connectivity index (χ1v) is 10.2. The Hall–Kier alpha value is -3.68. The van der Waals surface area contributed by atoms with E-state index in [1.807, 2.05) is 37.3 Å². The van der Waals surface area contributed by atoms with Gasteiger partial charge in [0, 0.05) is 24.8 Å². The second-order valence-corrected chi connectivity index (χ2v) is 7.63. The van der Waals surface area contributed by atoms with Gasteiger partial charge in [0.15, 0.2) is 0 Å². The van der Waals surface area contributed by atoms with Gasteiger partial charge < -0.3 is 15.5 Å². The third-order valence-electron chi connectivity index (χ3n) is 5.26. The second-order valence-electron chi connectivity index (χ2n) is 7.63. The van der Waals surface area contributed by atoms with Crippen molar-refractivity contribution in [2.45, 2.75) is 19.8 Å². The molecule has 1 aliphatic heterocycles. The van der Waals surface area contributed by atoms with Crippen molar-refractivity contribution in [3.05, 3.63) is 72.2 Å². The number of piperidine rings is 1. The first-order chi connectivity index (χ1) is 15.0. The molecular weight excluding hydrogens is 397 g/mol. The lowest BCUT2D eigenvalue weighted by atomic mass is 9.97. The molecule has 0 radical (unpaired) electrons. The fourth-order valence-corrected chi connectivity index (χ4v) is 3.70. The lowest BCUT2D eigenvalue weighted by molar-refractivity contribution is -0.121. The molecule has 7 nitrogen and oxygen atoms in total. The van der Waals surface area contributed by atoms with E-state index >= 15 is 0 Å². The minimum absolute atomic E-state index is 0.166. The number of aromatic nitrogens is 2. The Morgan fingerprint density at radius 2 is 1.81 bits per heavy atom. The highest BCUT2D eigenvalue weighted by Crippen LogP contribution is 2.22. The number of urea groups is 1. The van der Waals surface area contributed by atoms with Crippen LogP contribution in [0.25, 0.3) is 5.69 Å². The number of anilines is 2. The monoisotopic (exact) mass is 421 g/mol. The predicted molar refractivity (Wildman–Crippen MR) is 117 cm³/mol. The number of amides is 3. The van der Waals surface area contributed by atoms with Crippen LogP contribution in [0.2, 0.25) is 0 Å². The van der Waals surface area contributed by atoms with Crippen molar-refractivity contribution in [1.82, 2.24) is 14.7 Å². The summed E-state index contributed by atoms with van der Waals surface area (Å²) in [6.07, 6.45) is 1.45. The van der Waals surface area contributed by atoms with E-state index in [0.29, 0.717) is 31.0 Å². The van der Waals surface area contributed by atoms with Gasteiger partial charge >= 0.3 is 6.03 Å². The van der Waals surface area contributed by atoms with Gasteiger partial charge in [-0.15, -0.1) is 0 Å². The van der Waals surface area contributed by atoms with Crippen LogP contribution in [0.1, 0.15) is 18.5 Å². The average Bonchev–Trinajstić information content (AvgIpc) is 3.15. The van der Waals surface area contributed by atoms with E-state index in [1.165, 1.54) is 12.1 Å². The van der Waals surface area contributed by atoms with E-state index in [0.717, 1.165) is 17.8 Å². The summed E-state index contributed by atoms with van der Waals surface area (Å²) in [4.78, 5) is 27.2. The molecule has 2 N–H and O–H groups in total. The highest BCUT2D eigenvalue weighted by atomic mass is 19.1. The maximum absolute atomic E-state index is 13.3. The Morgan fingerprint density at radius 3 is 2.55 bits per heavy atom. The van der Waals surface area contributed by atoms with Crippen LogP contribution in [0.15, 0.2) is 60.7 Å². The first kappa shape index (κ1) is 20.6. The molecule has 1 aromatic heterocycles. The summed E-state index contributed by atoms with van der Waals surface area (Å²) in [5.74, 6) is -0.318. The molecular formula is C23H24FN5O2. The van der Waals surface area contributed by atoms with Gasteiger partial charge in [-0.3, -0.25) is 4.79 Å². The van der Waals surface area contributed by atoms with Crippen molar-refractivity contribution in [1.29, 1.82) is 0 Å². The average molecular weight is 421 g/mol. The van der Waals surface area contributed by atoms with Gasteiger partial charge in [-0.05, 0) is 56.2 Å². The molecule has 160 valence electrons. The Bertz CT molecular complexity index is 1070. The number of benzene rings is 2. The third kappa shape index (κ3) is 4.91. The molecule has 1 unspecified atom stereocenters. The van der Waals surface area contributed by atoms with Crippen molar-refractivity contribution in [3.8, 4) is 5.69 Å². The number of rotatable bonds is 4. The maximum atomic E-state index is 13.3. The molecule has 8 heteroatoms. The highest BCUT2D eigenvalue weighted by molar-refractivity contribution is 5.94. The SMILES string of the molecule is Cc1cc(NC(=O)C2CCCN(C(=O)Nc3ccccc3)C2)n(-c2ccc(F)cc2)n1. The molecule has 0 aliphatic carbocycles. The van der Waals surface area contributed by atoms with Crippen LogP contribution in [0.4, 0.5) is 20.7 Å². The number of nitrogens with one attached hydrogen (secondary N) is 2. The summed E-state index contributed by atoms with van der Waals surface area (Å²) in [5, 5.41) is 10.2. The zero-order valence-electron chi connectivity index (χ0n) is 17.2. The maximum Gasteiger partial charge on any atom is 0.321 e. The number of halogens is 1. The Labute approximate surface area is 179 Å². The Morgan fingerprint density at radius 1 is 1.06 bits per heavy atom. The van der Waals surface area contributed by atoms with Crippen LogP contribution in [0.5, 0.6) is 0 Å². The molecule has 3 amide bonds. The standard InChI is InChI=1S/C23H24FN5O2/c1-16-14-21(29(27-16)20-11-9-18(24)10-12-20)26-22(30)17-6-5-13-28(15-17)23(31)25-19-7-3-2-4-8-19/h2-4,7-12,14,17H,5-6,13,15H2,1H3,(H,25,31)(H,26,30). The van der Waals surface area contributed by atoms with E-state index in [-0.39, 0.29) is 23.7 Å². The van der Waals surface area contributed by atoms with E-state index in [4.69, 9.17) is 0 Å². The summed E-state index contributed by atoms with van der Waals surface area (Å²) in [6, 6.07) is 16.7. The topological polar surface area (TPSA) is 79.3 Å². The molecule has 1 saturated heterocycles. The van der Waals surface area contributed by atoms with Crippen LogP contribution in [-0.2, 0) is 4.79 Å². The van der Waals surface area contributed by atoms with E-state index in [9.17, 15) is 14.0 Å². The number of hydrogen-bond donors (Lipinski definition) is 2. The van der Waals surface area contributed by atoms with E-state index < -0.39 is 0 Å². The molecule has 0 bridgehead atoms. The number of aryl methyl sites for hydroxylation is 1. The van der Waals surface area contributed by atoms with Gasteiger partial charge in [0.1, 0.15) is 11.6 Å². The number of carbonyl (C=O) groups is 2. The molecule has 0 spiro atoms. The van der Waals surface area contributed by atoms with Gasteiger partial charge in [0.2, 0.25) is 5.91 Å². The Kier molecular flexibility index (Phi) is 5.97. The van der Waals surface area contributed by atoms with Gasteiger partial charge in [0.25, 0.3) is 0 Å². The van der Waals surface area contributed by atoms with Crippen LogP contribution >= 0.6 is 0 Å². The zero-order valence-corrected chi connectivity index (χ0v) is 17.2. The summed E-state index contributed by atoms with van der Waals surface area (Å²) >= 11 is 0. The number of likely N-dealkylation sites (tertiary alicyclic amines) is 1. The van der Waals surface area contributed by atoms with Gasteiger partial charge in [-0.1, -0.05) is 18.2 Å². The van der Waals surface area contributed by atoms with Gasteiger partial charge in [-0.2, -0.15) is 5.10 Å². The number of nitrogens with zero attached hydrogens (tertiary/aromatic N) is 3. The first-order valence-electron chi connectivity index (χ1n) is 10.2. The molecule has 31 heavy (non-hydrogen) atoms. The normalized spacial score (nSPS) is 16.1. The van der Waals surface area contributed by atoms with Crippen molar-refractivity contribution < 1.29 is 14.0 Å². The third-order valence-corrected chi connectivity index (χ3v) is 5.26. The molecule has 1 atom stereocenters. The zero-order chi connectivity index (χ0) is 21.8. The van der Waals surface area contributed by atoms with Crippen LogP contribution < -0.4 is 10.6 Å². The van der Waals surface area contributed by atoms with Gasteiger partial charge in [-0.25, -0.2) is 13.9 Å². The highest BCUT2D eigenvalue weighted by Gasteiger charge is 2.29. The summed E-state index contributed by atoms with van der Waals surface area (Å²) < 4.78 is 14.8. The number of hydrogen-bond acceptors (Lipinski definition) is 3. The van der Waals surface area contributed by atoms with Crippen LogP contribution in [0, 0.1) is 18.7 Å². The van der Waals surface area contributed by atoms with E-state index in [2.05, 4.69) is 15.7 Å². The number of carbonyl (C=O) groups excluding carboxylic acids is 2. The lowest BCUT2D eigenvalue weighted by Gasteiger charge is -2.32. The summed E-state index contributed by atoms with van der Waals surface area (Å²) in [7, 11) is 0.